The molecule has 0 saturated heterocycles. The molecular weight excluding hydrogens is 244 g/mol. The molecule has 2 heterocycles. The van der Waals surface area contributed by atoms with E-state index in [2.05, 4.69) is 15.2 Å². The molecule has 0 aliphatic heterocycles. The van der Waals surface area contributed by atoms with Gasteiger partial charge >= 0.3 is 0 Å². The molecule has 6 nitrogen and oxygen atoms in total. The molecule has 1 aromatic carbocycles. The van der Waals surface area contributed by atoms with Crippen LogP contribution in [0.3, 0.4) is 0 Å². The van der Waals surface area contributed by atoms with E-state index in [0.717, 1.165) is 11.3 Å². The van der Waals surface area contributed by atoms with E-state index in [-0.39, 0.29) is 0 Å². The van der Waals surface area contributed by atoms with Crippen molar-refractivity contribution >= 4 is 0 Å². The van der Waals surface area contributed by atoms with Gasteiger partial charge in [-0.05, 0) is 24.3 Å². The zero-order chi connectivity index (χ0) is 13.2. The second kappa shape index (κ2) is 4.56. The van der Waals surface area contributed by atoms with Crippen molar-refractivity contribution < 1.29 is 9.26 Å². The van der Waals surface area contributed by atoms with Gasteiger partial charge in [-0.2, -0.15) is 10.1 Å². The van der Waals surface area contributed by atoms with Gasteiger partial charge in [-0.3, -0.25) is 4.68 Å². The van der Waals surface area contributed by atoms with Gasteiger partial charge in [0.25, 0.3) is 5.89 Å². The van der Waals surface area contributed by atoms with E-state index >= 15 is 0 Å². The van der Waals surface area contributed by atoms with E-state index in [1.165, 1.54) is 0 Å². The number of aryl methyl sites for hydroxylation is 1. The zero-order valence-electron chi connectivity index (χ0n) is 10.6. The molecular formula is C13H12N4O2. The molecule has 19 heavy (non-hydrogen) atoms. The third-order valence-corrected chi connectivity index (χ3v) is 2.69. The van der Waals surface area contributed by atoms with Crippen LogP contribution in [0.5, 0.6) is 5.75 Å². The molecule has 0 fully saturated rings. The fourth-order valence-electron chi connectivity index (χ4n) is 1.74. The Hall–Kier alpha value is -2.63. The summed E-state index contributed by atoms with van der Waals surface area (Å²) in [6.45, 7) is 0. The van der Waals surface area contributed by atoms with Crippen molar-refractivity contribution in [1.29, 1.82) is 0 Å². The van der Waals surface area contributed by atoms with Gasteiger partial charge < -0.3 is 9.26 Å². The summed E-state index contributed by atoms with van der Waals surface area (Å²) in [6.07, 6.45) is 1.83. The molecule has 3 rings (SSSR count). The number of hydrogen-bond acceptors (Lipinski definition) is 5. The first kappa shape index (κ1) is 11.5. The second-order valence-corrected chi connectivity index (χ2v) is 4.03. The molecule has 0 atom stereocenters. The predicted molar refractivity (Wildman–Crippen MR) is 68.5 cm³/mol. The highest BCUT2D eigenvalue weighted by molar-refractivity contribution is 5.58. The van der Waals surface area contributed by atoms with Crippen LogP contribution in [0, 0.1) is 0 Å². The van der Waals surface area contributed by atoms with Gasteiger partial charge in [-0.1, -0.05) is 11.2 Å². The molecule has 0 amide bonds. The summed E-state index contributed by atoms with van der Waals surface area (Å²) in [7, 11) is 3.46. The minimum Gasteiger partial charge on any atom is -0.497 e. The third-order valence-electron chi connectivity index (χ3n) is 2.69. The Labute approximate surface area is 109 Å². The molecule has 0 saturated carbocycles. The minimum atomic E-state index is 0.444. The Balaban J connectivity index is 1.96. The fraction of sp³-hybridized carbons (Fsp3) is 0.154. The summed E-state index contributed by atoms with van der Waals surface area (Å²) in [5.41, 5.74) is 1.49. The van der Waals surface area contributed by atoms with Crippen LogP contribution in [0.4, 0.5) is 0 Å². The third kappa shape index (κ3) is 2.20. The molecule has 3 aromatic rings. The summed E-state index contributed by atoms with van der Waals surface area (Å²) >= 11 is 0. The number of methoxy groups -OCH3 is 1. The first-order valence-electron chi connectivity index (χ1n) is 5.74. The van der Waals surface area contributed by atoms with E-state index in [4.69, 9.17) is 9.26 Å². The molecule has 0 aliphatic carbocycles. The van der Waals surface area contributed by atoms with Crippen LogP contribution in [0.2, 0.25) is 0 Å². The lowest BCUT2D eigenvalue weighted by molar-refractivity contribution is 0.413. The van der Waals surface area contributed by atoms with Crippen molar-refractivity contribution in [3.05, 3.63) is 36.5 Å². The maximum atomic E-state index is 5.25. The van der Waals surface area contributed by atoms with Crippen molar-refractivity contribution in [3.63, 3.8) is 0 Å². The van der Waals surface area contributed by atoms with Crippen LogP contribution in [0.25, 0.3) is 23.0 Å². The Bertz CT molecular complexity index is 702. The summed E-state index contributed by atoms with van der Waals surface area (Å²) < 4.78 is 12.1. The molecule has 0 bridgehead atoms. The average Bonchev–Trinajstić information content (AvgIpc) is 3.07. The molecule has 0 N–H and O–H groups in total. The topological polar surface area (TPSA) is 66.0 Å². The summed E-state index contributed by atoms with van der Waals surface area (Å²) in [6, 6.07) is 9.30. The van der Waals surface area contributed by atoms with E-state index < -0.39 is 0 Å². The second-order valence-electron chi connectivity index (χ2n) is 4.03. The van der Waals surface area contributed by atoms with Gasteiger partial charge in [-0.25, -0.2) is 0 Å². The molecule has 0 unspecified atom stereocenters. The summed E-state index contributed by atoms with van der Waals surface area (Å²) in [5, 5.41) is 8.16. The van der Waals surface area contributed by atoms with Crippen molar-refractivity contribution in [2.75, 3.05) is 7.11 Å². The minimum absolute atomic E-state index is 0.444. The van der Waals surface area contributed by atoms with E-state index in [0.29, 0.717) is 17.4 Å². The first-order valence-corrected chi connectivity index (χ1v) is 5.74. The molecule has 6 heteroatoms. The number of rotatable bonds is 3. The Morgan fingerprint density at radius 1 is 1.26 bits per heavy atom. The SMILES string of the molecule is COc1cccc(-c2nc(-c3ccn(C)n3)no2)c1. The lowest BCUT2D eigenvalue weighted by atomic mass is 10.2. The van der Waals surface area contributed by atoms with E-state index in [1.54, 1.807) is 11.8 Å². The number of nitrogens with zero attached hydrogens (tertiary/aromatic N) is 4. The maximum Gasteiger partial charge on any atom is 0.258 e. The predicted octanol–water partition coefficient (Wildman–Crippen LogP) is 2.15. The lowest BCUT2D eigenvalue weighted by Crippen LogP contribution is -1.89. The Kier molecular flexibility index (Phi) is 2.75. The van der Waals surface area contributed by atoms with Gasteiger partial charge in [0.15, 0.2) is 0 Å². The highest BCUT2D eigenvalue weighted by Gasteiger charge is 2.12. The van der Waals surface area contributed by atoms with Gasteiger partial charge in [-0.15, -0.1) is 0 Å². The number of hydrogen-bond donors (Lipinski definition) is 0. The lowest BCUT2D eigenvalue weighted by Gasteiger charge is -1.99. The number of benzene rings is 1. The van der Waals surface area contributed by atoms with E-state index in [1.807, 2.05) is 43.6 Å². The van der Waals surface area contributed by atoms with Crippen LogP contribution >= 0.6 is 0 Å². The quantitative estimate of drug-likeness (QED) is 0.718. The molecule has 0 aliphatic rings. The summed E-state index contributed by atoms with van der Waals surface area (Å²) in [5.74, 6) is 1.66. The van der Waals surface area contributed by atoms with Crippen molar-refractivity contribution in [3.8, 4) is 28.7 Å². The van der Waals surface area contributed by atoms with Gasteiger partial charge in [0, 0.05) is 18.8 Å². The van der Waals surface area contributed by atoms with Crippen molar-refractivity contribution in [2.24, 2.45) is 7.05 Å². The van der Waals surface area contributed by atoms with Crippen molar-refractivity contribution in [2.45, 2.75) is 0 Å². The zero-order valence-corrected chi connectivity index (χ0v) is 10.6. The van der Waals surface area contributed by atoms with E-state index in [9.17, 15) is 0 Å². The standard InChI is InChI=1S/C13H12N4O2/c1-17-7-6-11(15-17)12-14-13(19-16-12)9-4-3-5-10(8-9)18-2/h3-8H,1-2H3. The van der Waals surface area contributed by atoms with Crippen LogP contribution < -0.4 is 4.74 Å². The van der Waals surface area contributed by atoms with Gasteiger partial charge in [0.1, 0.15) is 11.4 Å². The first-order chi connectivity index (χ1) is 9.26. The van der Waals surface area contributed by atoms with Gasteiger partial charge in [0.05, 0.1) is 7.11 Å². The van der Waals surface area contributed by atoms with Crippen LogP contribution in [0.1, 0.15) is 0 Å². The maximum absolute atomic E-state index is 5.25. The number of aromatic nitrogens is 4. The van der Waals surface area contributed by atoms with Crippen molar-refractivity contribution in [1.82, 2.24) is 19.9 Å². The molecule has 0 radical (unpaired) electrons. The number of ether oxygens (including phenoxy) is 1. The van der Waals surface area contributed by atoms with Crippen LogP contribution in [0.15, 0.2) is 41.1 Å². The fourth-order valence-corrected chi connectivity index (χ4v) is 1.74. The normalized spacial score (nSPS) is 10.6. The molecule has 96 valence electrons. The Morgan fingerprint density at radius 3 is 2.89 bits per heavy atom. The monoisotopic (exact) mass is 256 g/mol. The average molecular weight is 256 g/mol. The Morgan fingerprint density at radius 2 is 2.16 bits per heavy atom. The molecule has 2 aromatic heterocycles. The highest BCUT2D eigenvalue weighted by Crippen LogP contribution is 2.24. The smallest absolute Gasteiger partial charge is 0.258 e. The van der Waals surface area contributed by atoms with Crippen LogP contribution in [-0.2, 0) is 7.05 Å². The largest absolute Gasteiger partial charge is 0.497 e. The highest BCUT2D eigenvalue weighted by atomic mass is 16.5. The molecule has 0 spiro atoms. The van der Waals surface area contributed by atoms with Gasteiger partial charge in [0.2, 0.25) is 5.82 Å². The van der Waals surface area contributed by atoms with Crippen LogP contribution in [-0.4, -0.2) is 27.0 Å². The summed E-state index contributed by atoms with van der Waals surface area (Å²) in [4.78, 5) is 4.33.